The van der Waals surface area contributed by atoms with E-state index < -0.39 is 16.0 Å². The van der Waals surface area contributed by atoms with Crippen LogP contribution in [0.3, 0.4) is 0 Å². The van der Waals surface area contributed by atoms with E-state index in [2.05, 4.69) is 5.10 Å². The molecule has 1 aliphatic rings. The summed E-state index contributed by atoms with van der Waals surface area (Å²) < 4.78 is 41.3. The predicted octanol–water partition coefficient (Wildman–Crippen LogP) is 1.53. The summed E-state index contributed by atoms with van der Waals surface area (Å²) in [5, 5.41) is 3.93. The van der Waals surface area contributed by atoms with E-state index in [0.29, 0.717) is 19.6 Å². The van der Waals surface area contributed by atoms with Gasteiger partial charge in [0.1, 0.15) is 0 Å². The highest BCUT2D eigenvalue weighted by atomic mass is 32.2. The van der Waals surface area contributed by atoms with Crippen molar-refractivity contribution in [1.29, 1.82) is 0 Å². The van der Waals surface area contributed by atoms with Crippen molar-refractivity contribution in [2.24, 2.45) is 0 Å². The maximum Gasteiger partial charge on any atom is 0.249 e. The van der Waals surface area contributed by atoms with Crippen LogP contribution in [0.5, 0.6) is 0 Å². The first-order valence-corrected chi connectivity index (χ1v) is 7.65. The molecular weight excluding hydrogens is 257 g/mol. The van der Waals surface area contributed by atoms with Gasteiger partial charge in [0.25, 0.3) is 0 Å². The normalized spacial score (nSPS) is 18.2. The average Bonchev–Trinajstić information content (AvgIpc) is 2.65. The molecule has 0 aliphatic carbocycles. The average molecular weight is 275 g/mol. The van der Waals surface area contributed by atoms with Gasteiger partial charge in [-0.1, -0.05) is 6.42 Å². The molecule has 102 valence electrons. The van der Waals surface area contributed by atoms with E-state index in [4.69, 9.17) is 0 Å². The van der Waals surface area contributed by atoms with Gasteiger partial charge in [-0.2, -0.15) is 13.8 Å². The van der Waals surface area contributed by atoms with Crippen molar-refractivity contribution < 1.29 is 12.8 Å². The molecule has 1 aromatic rings. The van der Waals surface area contributed by atoms with E-state index in [9.17, 15) is 12.8 Å². The van der Waals surface area contributed by atoms with Gasteiger partial charge >= 0.3 is 0 Å². The molecule has 7 heteroatoms. The molecule has 2 heterocycles. The third-order valence-electron chi connectivity index (χ3n) is 3.23. The van der Waals surface area contributed by atoms with E-state index >= 15 is 0 Å². The van der Waals surface area contributed by atoms with E-state index in [1.54, 1.807) is 6.92 Å². The molecular formula is C11H18FN3O2S. The smallest absolute Gasteiger partial charge is 0.238 e. The molecule has 0 amide bonds. The molecule has 18 heavy (non-hydrogen) atoms. The van der Waals surface area contributed by atoms with Crippen LogP contribution in [0.2, 0.25) is 0 Å². The van der Waals surface area contributed by atoms with Crippen molar-refractivity contribution >= 4 is 10.0 Å². The quantitative estimate of drug-likeness (QED) is 0.840. The van der Waals surface area contributed by atoms with Gasteiger partial charge in [0, 0.05) is 19.6 Å². The number of aromatic nitrogens is 2. The zero-order valence-corrected chi connectivity index (χ0v) is 11.5. The fourth-order valence-corrected chi connectivity index (χ4v) is 4.00. The maximum absolute atomic E-state index is 14.0. The minimum absolute atomic E-state index is 0.236. The Morgan fingerprint density at radius 1 is 1.28 bits per heavy atom. The number of aryl methyl sites for hydroxylation is 2. The lowest BCUT2D eigenvalue weighted by molar-refractivity contribution is 0.343. The first-order valence-electron chi connectivity index (χ1n) is 6.21. The largest absolute Gasteiger partial charge is 0.249 e. The molecule has 0 bridgehead atoms. The fourth-order valence-electron chi connectivity index (χ4n) is 2.27. The summed E-state index contributed by atoms with van der Waals surface area (Å²) in [5.41, 5.74) is 0.236. The molecule has 0 aromatic carbocycles. The molecule has 1 aliphatic heterocycles. The summed E-state index contributed by atoms with van der Waals surface area (Å²) in [6.07, 6.45) is 2.70. The third-order valence-corrected chi connectivity index (χ3v) is 5.25. The molecule has 0 spiro atoms. The molecule has 5 nitrogen and oxygen atoms in total. The number of hydrogen-bond acceptors (Lipinski definition) is 3. The maximum atomic E-state index is 14.0. The fraction of sp³-hybridized carbons (Fsp3) is 0.727. The number of hydrogen-bond donors (Lipinski definition) is 0. The Morgan fingerprint density at radius 3 is 2.39 bits per heavy atom. The van der Waals surface area contributed by atoms with Crippen molar-refractivity contribution in [2.45, 2.75) is 44.6 Å². The number of sulfonamides is 1. The van der Waals surface area contributed by atoms with Crippen LogP contribution >= 0.6 is 0 Å². The van der Waals surface area contributed by atoms with E-state index in [1.165, 1.54) is 11.2 Å². The summed E-state index contributed by atoms with van der Waals surface area (Å²) in [7, 11) is -3.74. The minimum atomic E-state index is -3.74. The van der Waals surface area contributed by atoms with Gasteiger partial charge in [0.2, 0.25) is 16.0 Å². The Bertz CT molecular complexity index is 533. The second kappa shape index (κ2) is 4.97. The Kier molecular flexibility index (Phi) is 3.72. The highest BCUT2D eigenvalue weighted by Crippen LogP contribution is 2.25. The zero-order valence-electron chi connectivity index (χ0n) is 10.7. The van der Waals surface area contributed by atoms with E-state index in [0.717, 1.165) is 23.9 Å². The number of piperidine rings is 1. The minimum Gasteiger partial charge on any atom is -0.238 e. The molecule has 0 N–H and O–H groups in total. The van der Waals surface area contributed by atoms with Crippen LogP contribution in [0.4, 0.5) is 4.39 Å². The van der Waals surface area contributed by atoms with Crippen LogP contribution in [0.1, 0.15) is 31.9 Å². The summed E-state index contributed by atoms with van der Waals surface area (Å²) in [4.78, 5) is -0.258. The highest BCUT2D eigenvalue weighted by molar-refractivity contribution is 7.89. The number of rotatable bonds is 3. The molecule has 2 rings (SSSR count). The van der Waals surface area contributed by atoms with Gasteiger partial charge in [-0.05, 0) is 26.7 Å². The summed E-state index contributed by atoms with van der Waals surface area (Å²) >= 11 is 0. The van der Waals surface area contributed by atoms with Gasteiger partial charge in [0.05, 0.1) is 5.69 Å². The topological polar surface area (TPSA) is 55.2 Å². The Morgan fingerprint density at radius 2 is 1.89 bits per heavy atom. The van der Waals surface area contributed by atoms with Crippen LogP contribution in [0.15, 0.2) is 4.90 Å². The Balaban J connectivity index is 2.43. The zero-order chi connectivity index (χ0) is 13.3. The van der Waals surface area contributed by atoms with Gasteiger partial charge in [-0.25, -0.2) is 13.1 Å². The van der Waals surface area contributed by atoms with Crippen LogP contribution in [-0.2, 0) is 16.6 Å². The molecule has 0 atom stereocenters. The van der Waals surface area contributed by atoms with Crippen molar-refractivity contribution in [3.63, 3.8) is 0 Å². The van der Waals surface area contributed by atoms with Crippen LogP contribution < -0.4 is 0 Å². The molecule has 1 fully saturated rings. The van der Waals surface area contributed by atoms with Crippen LogP contribution in [0.25, 0.3) is 0 Å². The molecule has 1 saturated heterocycles. The second-order valence-corrected chi connectivity index (χ2v) is 6.36. The van der Waals surface area contributed by atoms with E-state index in [1.807, 2.05) is 0 Å². The van der Waals surface area contributed by atoms with Crippen molar-refractivity contribution in [3.05, 3.63) is 11.6 Å². The summed E-state index contributed by atoms with van der Waals surface area (Å²) in [6.45, 7) is 4.53. The number of halogens is 1. The van der Waals surface area contributed by atoms with Gasteiger partial charge in [-0.3, -0.25) is 0 Å². The summed E-state index contributed by atoms with van der Waals surface area (Å²) in [6, 6.07) is 0. The predicted molar refractivity (Wildman–Crippen MR) is 65.2 cm³/mol. The Labute approximate surface area is 107 Å². The van der Waals surface area contributed by atoms with Gasteiger partial charge < -0.3 is 0 Å². The SMILES string of the molecule is CCn1nc(C)c(S(=O)(=O)N2CCCCC2)c1F. The second-order valence-electron chi connectivity index (χ2n) is 4.49. The van der Waals surface area contributed by atoms with Crippen LogP contribution in [-0.4, -0.2) is 35.6 Å². The molecule has 1 aromatic heterocycles. The third kappa shape index (κ3) is 2.16. The molecule has 0 unspecified atom stereocenters. The lowest BCUT2D eigenvalue weighted by Crippen LogP contribution is -2.36. The van der Waals surface area contributed by atoms with Crippen molar-refractivity contribution in [3.8, 4) is 0 Å². The monoisotopic (exact) mass is 275 g/mol. The lowest BCUT2D eigenvalue weighted by atomic mass is 10.2. The summed E-state index contributed by atoms with van der Waals surface area (Å²) in [5.74, 6) is -0.749. The number of nitrogens with zero attached hydrogens (tertiary/aromatic N) is 3. The highest BCUT2D eigenvalue weighted by Gasteiger charge is 2.33. The molecule has 0 radical (unpaired) electrons. The molecule has 0 saturated carbocycles. The Hall–Kier alpha value is -0.950. The van der Waals surface area contributed by atoms with E-state index in [-0.39, 0.29) is 10.6 Å². The van der Waals surface area contributed by atoms with Gasteiger partial charge in [-0.15, -0.1) is 0 Å². The van der Waals surface area contributed by atoms with Gasteiger partial charge in [0.15, 0.2) is 4.90 Å². The first-order chi connectivity index (χ1) is 8.48. The van der Waals surface area contributed by atoms with Crippen molar-refractivity contribution in [2.75, 3.05) is 13.1 Å². The standard InChI is InChI=1S/C11H18FN3O2S/c1-3-15-11(12)10(9(2)13-15)18(16,17)14-7-5-4-6-8-14/h3-8H2,1-2H3. The van der Waals surface area contributed by atoms with Crippen molar-refractivity contribution in [1.82, 2.24) is 14.1 Å². The lowest BCUT2D eigenvalue weighted by Gasteiger charge is -2.25. The van der Waals surface area contributed by atoms with Crippen LogP contribution in [0, 0.1) is 12.9 Å². The first kappa shape index (κ1) is 13.5.